The number of nitrogens with one attached hydrogen (secondary N) is 3. The van der Waals surface area contributed by atoms with Gasteiger partial charge in [0, 0.05) is 17.7 Å². The fourth-order valence-corrected chi connectivity index (χ4v) is 2.53. The molecule has 126 valence electrons. The lowest BCUT2D eigenvalue weighted by molar-refractivity contribution is -0.126. The van der Waals surface area contributed by atoms with Crippen LogP contribution in [0, 0.1) is 0 Å². The van der Waals surface area contributed by atoms with Crippen LogP contribution in [0.2, 0.25) is 0 Å². The van der Waals surface area contributed by atoms with Gasteiger partial charge in [0.2, 0.25) is 5.91 Å². The summed E-state index contributed by atoms with van der Waals surface area (Å²) in [6, 6.07) is 10.8. The molecule has 8 heteroatoms. The molecule has 24 heavy (non-hydrogen) atoms. The van der Waals surface area contributed by atoms with Crippen LogP contribution in [0.1, 0.15) is 16.1 Å². The second kappa shape index (κ2) is 8.30. The molecule has 3 amide bonds. The Morgan fingerprint density at radius 1 is 1.08 bits per heavy atom. The Labute approximate surface area is 147 Å². The van der Waals surface area contributed by atoms with Crippen LogP contribution in [0.4, 0.5) is 0 Å². The van der Waals surface area contributed by atoms with Gasteiger partial charge in [0.1, 0.15) is 5.69 Å². The first-order chi connectivity index (χ1) is 11.5. The lowest BCUT2D eigenvalue weighted by atomic mass is 10.1. The summed E-state index contributed by atoms with van der Waals surface area (Å²) in [6.45, 7) is -0.219. The SMILES string of the molecule is Cn1cc(Br)cc1C(=O)NNC(=O)CNC(=O)Cc1ccccc1. The second-order valence-electron chi connectivity index (χ2n) is 5.10. The average molecular weight is 393 g/mol. The van der Waals surface area contributed by atoms with Gasteiger partial charge >= 0.3 is 0 Å². The van der Waals surface area contributed by atoms with Crippen molar-refractivity contribution in [3.05, 3.63) is 58.3 Å². The molecule has 1 heterocycles. The van der Waals surface area contributed by atoms with Crippen molar-refractivity contribution >= 4 is 33.7 Å². The largest absolute Gasteiger partial charge is 0.347 e. The molecule has 1 aromatic carbocycles. The molecule has 2 aromatic rings. The Bertz CT molecular complexity index is 743. The Morgan fingerprint density at radius 3 is 2.42 bits per heavy atom. The van der Waals surface area contributed by atoms with Crippen LogP contribution in [-0.4, -0.2) is 28.8 Å². The number of rotatable bonds is 5. The first kappa shape index (κ1) is 17.7. The fraction of sp³-hybridized carbons (Fsp3) is 0.188. The molecule has 0 radical (unpaired) electrons. The van der Waals surface area contributed by atoms with E-state index in [0.717, 1.165) is 10.0 Å². The topological polar surface area (TPSA) is 92.2 Å². The third-order valence-corrected chi connectivity index (χ3v) is 3.61. The van der Waals surface area contributed by atoms with Crippen LogP contribution >= 0.6 is 15.9 Å². The zero-order chi connectivity index (χ0) is 17.5. The molecule has 0 unspecified atom stereocenters. The summed E-state index contributed by atoms with van der Waals surface area (Å²) in [5.74, 6) is -1.24. The fourth-order valence-electron chi connectivity index (χ4n) is 2.01. The van der Waals surface area contributed by atoms with E-state index in [1.165, 1.54) is 0 Å². The standard InChI is InChI=1S/C16H17BrN4O3/c1-21-10-12(17)8-13(21)16(24)20-19-15(23)9-18-14(22)7-11-5-3-2-4-6-11/h2-6,8,10H,7,9H2,1H3,(H,18,22)(H,19,23)(H,20,24). The van der Waals surface area contributed by atoms with E-state index in [9.17, 15) is 14.4 Å². The lowest BCUT2D eigenvalue weighted by Gasteiger charge is -2.09. The van der Waals surface area contributed by atoms with Gasteiger partial charge in [-0.25, -0.2) is 0 Å². The first-order valence-corrected chi connectivity index (χ1v) is 7.96. The van der Waals surface area contributed by atoms with E-state index >= 15 is 0 Å². The third-order valence-electron chi connectivity index (χ3n) is 3.17. The van der Waals surface area contributed by atoms with E-state index in [1.54, 1.807) is 23.9 Å². The van der Waals surface area contributed by atoms with Crippen molar-refractivity contribution in [2.45, 2.75) is 6.42 Å². The highest BCUT2D eigenvalue weighted by Gasteiger charge is 2.12. The Kier molecular flexibility index (Phi) is 6.14. The summed E-state index contributed by atoms with van der Waals surface area (Å²) in [5, 5.41) is 2.49. The number of hydrazine groups is 1. The van der Waals surface area contributed by atoms with E-state index in [1.807, 2.05) is 30.3 Å². The number of hydrogen-bond donors (Lipinski definition) is 3. The number of aryl methyl sites for hydroxylation is 1. The molecule has 0 atom stereocenters. The number of carbonyl (C=O) groups excluding carboxylic acids is 3. The van der Waals surface area contributed by atoms with Crippen LogP contribution in [0.25, 0.3) is 0 Å². The van der Waals surface area contributed by atoms with Gasteiger partial charge in [-0.3, -0.25) is 25.2 Å². The monoisotopic (exact) mass is 392 g/mol. The van der Waals surface area contributed by atoms with Crippen molar-refractivity contribution in [2.75, 3.05) is 6.54 Å². The van der Waals surface area contributed by atoms with Crippen molar-refractivity contribution < 1.29 is 14.4 Å². The number of carbonyl (C=O) groups is 3. The minimum atomic E-state index is -0.516. The van der Waals surface area contributed by atoms with Crippen LogP contribution in [-0.2, 0) is 23.1 Å². The van der Waals surface area contributed by atoms with Gasteiger partial charge in [0.15, 0.2) is 0 Å². The summed E-state index contributed by atoms with van der Waals surface area (Å²) in [4.78, 5) is 35.3. The second-order valence-corrected chi connectivity index (χ2v) is 6.01. The molecule has 0 aliphatic rings. The molecule has 0 aliphatic heterocycles. The highest BCUT2D eigenvalue weighted by molar-refractivity contribution is 9.10. The van der Waals surface area contributed by atoms with Gasteiger partial charge in [-0.05, 0) is 27.6 Å². The van der Waals surface area contributed by atoms with Gasteiger partial charge < -0.3 is 9.88 Å². The van der Waals surface area contributed by atoms with Gasteiger partial charge in [0.05, 0.1) is 13.0 Å². The van der Waals surface area contributed by atoms with Gasteiger partial charge in [0.25, 0.3) is 11.8 Å². The zero-order valence-electron chi connectivity index (χ0n) is 13.0. The summed E-state index contributed by atoms with van der Waals surface area (Å²) in [6.07, 6.45) is 1.92. The predicted molar refractivity (Wildman–Crippen MR) is 91.9 cm³/mol. The van der Waals surface area contributed by atoms with Crippen LogP contribution < -0.4 is 16.2 Å². The van der Waals surface area contributed by atoms with E-state index in [-0.39, 0.29) is 18.9 Å². The van der Waals surface area contributed by atoms with Gasteiger partial charge in [-0.2, -0.15) is 0 Å². The minimum Gasteiger partial charge on any atom is -0.347 e. The third kappa shape index (κ3) is 5.24. The van der Waals surface area contributed by atoms with Crippen LogP contribution in [0.3, 0.4) is 0 Å². The maximum absolute atomic E-state index is 11.9. The Balaban J connectivity index is 1.72. The highest BCUT2D eigenvalue weighted by Crippen LogP contribution is 2.13. The molecule has 7 nitrogen and oxygen atoms in total. The van der Waals surface area contributed by atoms with Crippen LogP contribution in [0.15, 0.2) is 47.1 Å². The van der Waals surface area contributed by atoms with Crippen molar-refractivity contribution in [3.63, 3.8) is 0 Å². The number of nitrogens with zero attached hydrogens (tertiary/aromatic N) is 1. The summed E-state index contributed by atoms with van der Waals surface area (Å²) >= 11 is 3.26. The molecule has 0 spiro atoms. The highest BCUT2D eigenvalue weighted by atomic mass is 79.9. The quantitative estimate of drug-likeness (QED) is 0.660. The minimum absolute atomic E-state index is 0.192. The maximum atomic E-state index is 11.9. The molecular weight excluding hydrogens is 376 g/mol. The number of aromatic nitrogens is 1. The Morgan fingerprint density at radius 2 is 1.79 bits per heavy atom. The smallest absolute Gasteiger partial charge is 0.286 e. The molecule has 3 N–H and O–H groups in total. The number of hydrogen-bond acceptors (Lipinski definition) is 3. The Hall–Kier alpha value is -2.61. The van der Waals surface area contributed by atoms with Gasteiger partial charge in [-0.1, -0.05) is 30.3 Å². The van der Waals surface area contributed by atoms with E-state index < -0.39 is 11.8 Å². The summed E-state index contributed by atoms with van der Waals surface area (Å²) < 4.78 is 2.38. The normalized spacial score (nSPS) is 10.1. The van der Waals surface area contributed by atoms with Crippen molar-refractivity contribution in [1.29, 1.82) is 0 Å². The summed E-state index contributed by atoms with van der Waals surface area (Å²) in [7, 11) is 1.71. The molecule has 0 bridgehead atoms. The molecule has 0 saturated heterocycles. The van der Waals surface area contributed by atoms with E-state index in [2.05, 4.69) is 32.1 Å². The van der Waals surface area contributed by atoms with E-state index in [0.29, 0.717) is 5.69 Å². The van der Waals surface area contributed by atoms with Crippen molar-refractivity contribution in [3.8, 4) is 0 Å². The van der Waals surface area contributed by atoms with E-state index in [4.69, 9.17) is 0 Å². The number of benzene rings is 1. The molecule has 2 rings (SSSR count). The zero-order valence-corrected chi connectivity index (χ0v) is 14.6. The average Bonchev–Trinajstić information content (AvgIpc) is 2.90. The molecule has 1 aromatic heterocycles. The lowest BCUT2D eigenvalue weighted by Crippen LogP contribution is -2.46. The van der Waals surface area contributed by atoms with Crippen LogP contribution in [0.5, 0.6) is 0 Å². The van der Waals surface area contributed by atoms with Crippen molar-refractivity contribution in [2.24, 2.45) is 7.05 Å². The first-order valence-electron chi connectivity index (χ1n) is 7.17. The van der Waals surface area contributed by atoms with Gasteiger partial charge in [-0.15, -0.1) is 0 Å². The number of halogens is 1. The summed E-state index contributed by atoms with van der Waals surface area (Å²) in [5.41, 5.74) is 5.79. The number of amides is 3. The maximum Gasteiger partial charge on any atom is 0.286 e. The van der Waals surface area contributed by atoms with Crippen molar-refractivity contribution in [1.82, 2.24) is 20.7 Å². The molecule has 0 saturated carbocycles. The molecule has 0 fully saturated rings. The molecular formula is C16H17BrN4O3. The molecule has 0 aliphatic carbocycles. The predicted octanol–water partition coefficient (Wildman–Crippen LogP) is 0.907.